The van der Waals surface area contributed by atoms with Crippen LogP contribution in [0, 0.1) is 6.92 Å². The van der Waals surface area contributed by atoms with Crippen LogP contribution in [-0.4, -0.2) is 22.3 Å². The number of hydrogen-bond donors (Lipinski definition) is 1. The van der Waals surface area contributed by atoms with Gasteiger partial charge in [-0.1, -0.05) is 64.6 Å². The van der Waals surface area contributed by atoms with Crippen LogP contribution in [0.3, 0.4) is 0 Å². The molecule has 0 saturated carbocycles. The van der Waals surface area contributed by atoms with Crippen molar-refractivity contribution in [3.63, 3.8) is 0 Å². The first-order valence-electron chi connectivity index (χ1n) is 6.97. The van der Waals surface area contributed by atoms with Crippen LogP contribution in [0.2, 0.25) is 0 Å². The number of alkyl halides is 3. The number of benzene rings is 1. The molecule has 1 aromatic heterocycles. The molecule has 0 fully saturated rings. The molecular weight excluding hydrogens is 393 g/mol. The van der Waals surface area contributed by atoms with Crippen molar-refractivity contribution in [2.45, 2.75) is 17.6 Å². The second-order valence-electron chi connectivity index (χ2n) is 4.89. The Morgan fingerprint density at radius 1 is 1.21 bits per heavy atom. The molecule has 0 radical (unpaired) electrons. The lowest BCUT2D eigenvalue weighted by Crippen LogP contribution is -2.27. The highest BCUT2D eigenvalue weighted by Gasteiger charge is 2.33. The molecule has 128 valence electrons. The number of carbonyl (C=O) groups is 2. The van der Waals surface area contributed by atoms with Gasteiger partial charge in [-0.05, 0) is 19.4 Å². The summed E-state index contributed by atoms with van der Waals surface area (Å²) in [5.74, 6) is -1.38. The van der Waals surface area contributed by atoms with Crippen LogP contribution >= 0.6 is 46.1 Å². The highest BCUT2D eigenvalue weighted by atomic mass is 35.6. The number of aryl methyl sites for hydroxylation is 1. The molecule has 24 heavy (non-hydrogen) atoms. The number of rotatable bonds is 4. The smallest absolute Gasteiger partial charge is 0.341 e. The quantitative estimate of drug-likeness (QED) is 0.560. The summed E-state index contributed by atoms with van der Waals surface area (Å²) in [6, 6.07) is 7.64. The summed E-state index contributed by atoms with van der Waals surface area (Å²) in [5.41, 5.74) is 2.82. The summed E-state index contributed by atoms with van der Waals surface area (Å²) in [6.45, 7) is 3.88. The minimum Gasteiger partial charge on any atom is -0.462 e. The zero-order valence-electron chi connectivity index (χ0n) is 12.9. The van der Waals surface area contributed by atoms with Gasteiger partial charge in [-0.3, -0.25) is 4.79 Å². The number of hydrogen-bond acceptors (Lipinski definition) is 4. The Balaban J connectivity index is 2.47. The molecule has 0 aliphatic rings. The highest BCUT2D eigenvalue weighted by molar-refractivity contribution is 7.15. The molecule has 0 spiro atoms. The molecule has 0 aliphatic heterocycles. The van der Waals surface area contributed by atoms with E-state index in [4.69, 9.17) is 39.5 Å². The van der Waals surface area contributed by atoms with Crippen LogP contribution < -0.4 is 5.32 Å². The number of esters is 1. The van der Waals surface area contributed by atoms with Gasteiger partial charge in [0.2, 0.25) is 0 Å². The van der Waals surface area contributed by atoms with Crippen LogP contribution in [0.15, 0.2) is 29.6 Å². The molecule has 0 unspecified atom stereocenters. The van der Waals surface area contributed by atoms with Crippen molar-refractivity contribution in [3.8, 4) is 11.1 Å². The van der Waals surface area contributed by atoms with Crippen molar-refractivity contribution in [2.24, 2.45) is 0 Å². The zero-order valence-corrected chi connectivity index (χ0v) is 15.9. The molecule has 8 heteroatoms. The Labute approximate surface area is 158 Å². The number of thiophene rings is 1. The lowest BCUT2D eigenvalue weighted by Gasteiger charge is -2.12. The highest BCUT2D eigenvalue weighted by Crippen LogP contribution is 2.38. The summed E-state index contributed by atoms with van der Waals surface area (Å²) in [7, 11) is 0. The lowest BCUT2D eigenvalue weighted by atomic mass is 10.0. The normalized spacial score (nSPS) is 11.2. The fourth-order valence-electron chi connectivity index (χ4n) is 1.98. The van der Waals surface area contributed by atoms with E-state index in [9.17, 15) is 9.59 Å². The molecule has 2 rings (SSSR count). The van der Waals surface area contributed by atoms with Gasteiger partial charge in [0.05, 0.1) is 6.61 Å². The van der Waals surface area contributed by atoms with Gasteiger partial charge in [0.25, 0.3) is 9.70 Å². The first-order valence-corrected chi connectivity index (χ1v) is 8.99. The molecule has 0 atom stereocenters. The average molecular weight is 407 g/mol. The summed E-state index contributed by atoms with van der Waals surface area (Å²) >= 11 is 17.9. The Kier molecular flexibility index (Phi) is 6.15. The second-order valence-corrected chi connectivity index (χ2v) is 8.05. The number of carbonyl (C=O) groups excluding carboxylic acids is 2. The Bertz CT molecular complexity index is 751. The molecule has 0 saturated heterocycles. The van der Waals surface area contributed by atoms with Gasteiger partial charge in [0, 0.05) is 10.9 Å². The summed E-state index contributed by atoms with van der Waals surface area (Å²) in [6.07, 6.45) is 0. The second kappa shape index (κ2) is 7.74. The van der Waals surface area contributed by atoms with Crippen molar-refractivity contribution in [3.05, 3.63) is 40.8 Å². The number of nitrogens with one attached hydrogen (secondary N) is 1. The van der Waals surface area contributed by atoms with E-state index < -0.39 is 15.7 Å². The van der Waals surface area contributed by atoms with Crippen LogP contribution in [0.25, 0.3) is 11.1 Å². The van der Waals surface area contributed by atoms with Gasteiger partial charge < -0.3 is 10.1 Å². The lowest BCUT2D eigenvalue weighted by molar-refractivity contribution is -0.115. The van der Waals surface area contributed by atoms with E-state index in [-0.39, 0.29) is 17.2 Å². The third-order valence-electron chi connectivity index (χ3n) is 3.12. The van der Waals surface area contributed by atoms with Gasteiger partial charge in [-0.2, -0.15) is 0 Å². The first kappa shape index (κ1) is 19.1. The maximum Gasteiger partial charge on any atom is 0.341 e. The van der Waals surface area contributed by atoms with E-state index in [0.29, 0.717) is 5.56 Å². The maximum atomic E-state index is 12.4. The third kappa shape index (κ3) is 4.42. The molecule has 4 nitrogen and oxygen atoms in total. The fourth-order valence-corrected chi connectivity index (χ4v) is 3.07. The molecule has 1 amide bonds. The van der Waals surface area contributed by atoms with Gasteiger partial charge in [0.15, 0.2) is 0 Å². The van der Waals surface area contributed by atoms with Crippen molar-refractivity contribution in [1.82, 2.24) is 0 Å². The molecule has 0 aliphatic carbocycles. The summed E-state index contributed by atoms with van der Waals surface area (Å²) in [5, 5.41) is 4.51. The van der Waals surface area contributed by atoms with Gasteiger partial charge >= 0.3 is 5.97 Å². The first-order chi connectivity index (χ1) is 11.2. The predicted molar refractivity (Wildman–Crippen MR) is 99.4 cm³/mol. The Morgan fingerprint density at radius 2 is 1.83 bits per heavy atom. The van der Waals surface area contributed by atoms with E-state index in [1.807, 2.05) is 31.2 Å². The minimum absolute atomic E-state index is 0.208. The van der Waals surface area contributed by atoms with Crippen LogP contribution in [-0.2, 0) is 9.53 Å². The largest absolute Gasteiger partial charge is 0.462 e. The van der Waals surface area contributed by atoms with Crippen LogP contribution in [0.1, 0.15) is 22.8 Å². The minimum atomic E-state index is -2.13. The molecule has 1 aromatic carbocycles. The maximum absolute atomic E-state index is 12.4. The van der Waals surface area contributed by atoms with Crippen LogP contribution in [0.5, 0.6) is 0 Å². The fraction of sp³-hybridized carbons (Fsp3) is 0.250. The summed E-state index contributed by atoms with van der Waals surface area (Å²) in [4.78, 5) is 24.3. The molecule has 1 heterocycles. The molecule has 2 aromatic rings. The molecular formula is C16H14Cl3NO3S. The van der Waals surface area contributed by atoms with E-state index in [0.717, 1.165) is 11.1 Å². The molecule has 1 N–H and O–H groups in total. The number of halogens is 3. The van der Waals surface area contributed by atoms with Gasteiger partial charge in [-0.25, -0.2) is 4.79 Å². The zero-order chi connectivity index (χ0) is 17.9. The number of ether oxygens (including phenoxy) is 1. The topological polar surface area (TPSA) is 55.4 Å². The van der Waals surface area contributed by atoms with Crippen molar-refractivity contribution < 1.29 is 14.3 Å². The molecule has 0 bridgehead atoms. The average Bonchev–Trinajstić information content (AvgIpc) is 2.91. The SMILES string of the molecule is CCOC(=O)c1c(-c2ccc(C)cc2)csc1NC(=O)C(Cl)(Cl)Cl. The number of anilines is 1. The van der Waals surface area contributed by atoms with Crippen molar-refractivity contribution >= 4 is 63.0 Å². The monoisotopic (exact) mass is 405 g/mol. The standard InChI is InChI=1S/C16H14Cl3NO3S/c1-3-23-14(21)12-11(10-6-4-9(2)5-7-10)8-24-13(12)20-15(22)16(17,18)19/h4-8H,3H2,1-2H3,(H,20,22). The third-order valence-corrected chi connectivity index (χ3v) is 4.53. The van der Waals surface area contributed by atoms with Gasteiger partial charge in [-0.15, -0.1) is 11.3 Å². The Morgan fingerprint density at radius 3 is 2.38 bits per heavy atom. The van der Waals surface area contributed by atoms with Gasteiger partial charge in [0.1, 0.15) is 10.6 Å². The number of amides is 1. The van der Waals surface area contributed by atoms with Crippen molar-refractivity contribution in [2.75, 3.05) is 11.9 Å². The van der Waals surface area contributed by atoms with E-state index in [1.54, 1.807) is 12.3 Å². The van der Waals surface area contributed by atoms with Crippen molar-refractivity contribution in [1.29, 1.82) is 0 Å². The predicted octanol–water partition coefficient (Wildman–Crippen LogP) is 5.21. The van der Waals surface area contributed by atoms with E-state index in [1.165, 1.54) is 11.3 Å². The Hall–Kier alpha value is -1.27. The van der Waals surface area contributed by atoms with E-state index >= 15 is 0 Å². The van der Waals surface area contributed by atoms with Crippen LogP contribution in [0.4, 0.5) is 5.00 Å². The van der Waals surface area contributed by atoms with E-state index in [2.05, 4.69) is 5.32 Å². The summed E-state index contributed by atoms with van der Waals surface area (Å²) < 4.78 is 2.97.